The minimum Gasteiger partial charge on any atom is -0.493 e. The lowest BCUT2D eigenvalue weighted by Crippen LogP contribution is -2.46. The molecule has 0 spiro atoms. The molecule has 0 aliphatic carbocycles. The minimum absolute atomic E-state index is 0.00400. The topological polar surface area (TPSA) is 115 Å². The molecule has 2 aromatic rings. The van der Waals surface area contributed by atoms with Crippen molar-refractivity contribution in [3.05, 3.63) is 63.8 Å². The summed E-state index contributed by atoms with van der Waals surface area (Å²) in [5.74, 6) is -1.36. The Labute approximate surface area is 214 Å². The number of hydrogen-bond donors (Lipinski definition) is 3. The van der Waals surface area contributed by atoms with Gasteiger partial charge in [-0.05, 0) is 38.1 Å². The van der Waals surface area contributed by atoms with E-state index in [4.69, 9.17) is 25.8 Å². The van der Waals surface area contributed by atoms with Crippen LogP contribution in [-0.2, 0) is 20.5 Å². The Kier molecular flexibility index (Phi) is 8.53. The monoisotopic (exact) mass is 541 g/mol. The summed E-state index contributed by atoms with van der Waals surface area (Å²) in [5.41, 5.74) is -0.803. The molecule has 1 heterocycles. The Hall–Kier alpha value is -3.93. The van der Waals surface area contributed by atoms with E-state index in [1.807, 2.05) is 0 Å². The maximum atomic E-state index is 13.3. The number of hydrogen-bond acceptors (Lipinski definition) is 6. The molecule has 0 saturated heterocycles. The number of esters is 1. The first-order valence-corrected chi connectivity index (χ1v) is 11.2. The molecule has 198 valence electrons. The van der Waals surface area contributed by atoms with Crippen molar-refractivity contribution in [1.82, 2.24) is 10.6 Å². The van der Waals surface area contributed by atoms with Crippen LogP contribution in [0, 0.1) is 0 Å². The number of amides is 3. The van der Waals surface area contributed by atoms with Gasteiger partial charge in [0.25, 0.3) is 5.91 Å². The van der Waals surface area contributed by atoms with Gasteiger partial charge in [-0.3, -0.25) is 4.79 Å². The number of allylic oxidation sites excluding steroid dienone is 1. The summed E-state index contributed by atoms with van der Waals surface area (Å²) in [7, 11) is 1.33. The van der Waals surface area contributed by atoms with Gasteiger partial charge in [0, 0.05) is 28.0 Å². The molecule has 9 nitrogen and oxygen atoms in total. The fraction of sp³-hybridized carbons (Fsp3) is 0.292. The molecular formula is C24H23ClF3N3O6. The molecular weight excluding hydrogens is 519 g/mol. The van der Waals surface area contributed by atoms with Gasteiger partial charge in [0.2, 0.25) is 0 Å². The Morgan fingerprint density at radius 1 is 1.19 bits per heavy atom. The molecule has 1 aliphatic heterocycles. The Bertz CT molecular complexity index is 1250. The lowest BCUT2D eigenvalue weighted by Gasteiger charge is -2.30. The lowest BCUT2D eigenvalue weighted by atomic mass is 9.93. The van der Waals surface area contributed by atoms with Crippen LogP contribution in [0.5, 0.6) is 11.5 Å². The molecule has 0 fully saturated rings. The predicted molar refractivity (Wildman–Crippen MR) is 127 cm³/mol. The fourth-order valence-corrected chi connectivity index (χ4v) is 3.86. The first kappa shape index (κ1) is 27.7. The summed E-state index contributed by atoms with van der Waals surface area (Å²) in [6, 6.07) is 5.09. The number of benzene rings is 2. The second-order valence-electron chi connectivity index (χ2n) is 7.72. The van der Waals surface area contributed by atoms with Gasteiger partial charge >= 0.3 is 18.2 Å². The zero-order valence-electron chi connectivity index (χ0n) is 19.9. The van der Waals surface area contributed by atoms with Crippen molar-refractivity contribution in [3.8, 4) is 11.5 Å². The highest BCUT2D eigenvalue weighted by molar-refractivity contribution is 6.31. The molecule has 37 heavy (non-hydrogen) atoms. The van der Waals surface area contributed by atoms with Crippen molar-refractivity contribution in [3.63, 3.8) is 0 Å². The van der Waals surface area contributed by atoms with Crippen LogP contribution < -0.4 is 25.4 Å². The second-order valence-corrected chi connectivity index (χ2v) is 8.16. The van der Waals surface area contributed by atoms with Gasteiger partial charge in [0.1, 0.15) is 0 Å². The van der Waals surface area contributed by atoms with Crippen LogP contribution in [0.15, 0.2) is 47.7 Å². The molecule has 0 unspecified atom stereocenters. The lowest BCUT2D eigenvalue weighted by molar-refractivity contribution is -0.145. The van der Waals surface area contributed by atoms with Crippen LogP contribution in [0.2, 0.25) is 5.02 Å². The number of methoxy groups -OCH3 is 1. The number of ether oxygens (including phenoxy) is 3. The molecule has 0 radical (unpaired) electrons. The molecule has 1 atom stereocenters. The summed E-state index contributed by atoms with van der Waals surface area (Å²) in [6.07, 6.45) is -4.61. The third-order valence-electron chi connectivity index (χ3n) is 5.18. The van der Waals surface area contributed by atoms with E-state index in [1.54, 1.807) is 6.92 Å². The van der Waals surface area contributed by atoms with Crippen molar-refractivity contribution in [2.24, 2.45) is 0 Å². The number of carbonyl (C=O) groups is 3. The average molecular weight is 542 g/mol. The average Bonchev–Trinajstić information content (AvgIpc) is 2.81. The molecule has 3 rings (SSSR count). The van der Waals surface area contributed by atoms with Crippen LogP contribution in [0.4, 0.5) is 23.7 Å². The van der Waals surface area contributed by atoms with E-state index in [9.17, 15) is 27.6 Å². The van der Waals surface area contributed by atoms with Crippen molar-refractivity contribution in [2.75, 3.05) is 25.6 Å². The Morgan fingerprint density at radius 3 is 2.57 bits per heavy atom. The summed E-state index contributed by atoms with van der Waals surface area (Å²) in [5, 5.41) is 7.66. The quantitative estimate of drug-likeness (QED) is 0.422. The molecule has 13 heteroatoms. The van der Waals surface area contributed by atoms with E-state index in [2.05, 4.69) is 16.0 Å². The van der Waals surface area contributed by atoms with Crippen molar-refractivity contribution in [2.45, 2.75) is 26.1 Å². The number of halogens is 4. The van der Waals surface area contributed by atoms with Crippen LogP contribution >= 0.6 is 11.6 Å². The zero-order valence-corrected chi connectivity index (χ0v) is 20.7. The number of anilines is 1. The van der Waals surface area contributed by atoms with E-state index < -0.39 is 42.3 Å². The van der Waals surface area contributed by atoms with Crippen LogP contribution in [0.25, 0.3) is 0 Å². The highest BCUT2D eigenvalue weighted by atomic mass is 35.5. The number of nitrogens with one attached hydrogen (secondary N) is 3. The van der Waals surface area contributed by atoms with E-state index in [1.165, 1.54) is 32.2 Å². The smallest absolute Gasteiger partial charge is 0.416 e. The number of urea groups is 1. The van der Waals surface area contributed by atoms with Crippen molar-refractivity contribution < 1.29 is 41.8 Å². The highest BCUT2D eigenvalue weighted by Gasteiger charge is 2.35. The Morgan fingerprint density at radius 2 is 1.92 bits per heavy atom. The third-order valence-corrected chi connectivity index (χ3v) is 5.40. The van der Waals surface area contributed by atoms with Gasteiger partial charge in [-0.1, -0.05) is 17.7 Å². The first-order chi connectivity index (χ1) is 17.4. The molecule has 3 amide bonds. The maximum absolute atomic E-state index is 13.3. The van der Waals surface area contributed by atoms with Gasteiger partial charge in [-0.15, -0.1) is 0 Å². The molecule has 0 bridgehead atoms. The molecule has 2 aromatic carbocycles. The van der Waals surface area contributed by atoms with Crippen molar-refractivity contribution in [1.29, 1.82) is 0 Å². The minimum atomic E-state index is -4.61. The largest absolute Gasteiger partial charge is 0.493 e. The van der Waals surface area contributed by atoms with Crippen LogP contribution in [-0.4, -0.2) is 38.2 Å². The summed E-state index contributed by atoms with van der Waals surface area (Å²) < 4.78 is 55.2. The summed E-state index contributed by atoms with van der Waals surface area (Å²) in [6.45, 7) is 2.69. The number of alkyl halides is 3. The Balaban J connectivity index is 2.04. The van der Waals surface area contributed by atoms with E-state index in [0.717, 1.165) is 18.2 Å². The van der Waals surface area contributed by atoms with Gasteiger partial charge in [-0.25, -0.2) is 9.59 Å². The van der Waals surface area contributed by atoms with E-state index in [0.29, 0.717) is 0 Å². The van der Waals surface area contributed by atoms with E-state index >= 15 is 0 Å². The predicted octanol–water partition coefficient (Wildman–Crippen LogP) is 4.58. The normalized spacial score (nSPS) is 15.4. The highest BCUT2D eigenvalue weighted by Crippen LogP contribution is 2.42. The van der Waals surface area contributed by atoms with Gasteiger partial charge in [0.15, 0.2) is 18.1 Å². The van der Waals surface area contributed by atoms with Crippen molar-refractivity contribution >= 4 is 35.2 Å². The standard InChI is InChI=1S/C24H23ClF3N3O6/c1-4-36-18(32)11-37-21-16(9-14(25)10-17(21)35-3)20-19(12(2)29-23(34)31-20)22(33)30-15-7-5-6-13(8-15)24(26,27)28/h5-10,20H,4,11H2,1-3H3,(H,30,33)(H2,29,31,34)/t20-/m1/s1. The zero-order chi connectivity index (χ0) is 27.3. The SMILES string of the molecule is CCOC(=O)COc1c(OC)cc(Cl)cc1[C@H]1NC(=O)NC(C)=C1C(=O)Nc1cccc(C(F)(F)F)c1. The molecule has 0 aromatic heterocycles. The summed E-state index contributed by atoms with van der Waals surface area (Å²) in [4.78, 5) is 37.6. The third kappa shape index (κ3) is 6.64. The number of rotatable bonds is 8. The fourth-order valence-electron chi connectivity index (χ4n) is 3.64. The molecule has 0 saturated carbocycles. The second kappa shape index (κ2) is 11.4. The molecule has 1 aliphatic rings. The van der Waals surface area contributed by atoms with E-state index in [-0.39, 0.29) is 45.6 Å². The van der Waals surface area contributed by atoms with Gasteiger partial charge in [0.05, 0.1) is 30.9 Å². The first-order valence-electron chi connectivity index (χ1n) is 10.9. The number of carbonyl (C=O) groups excluding carboxylic acids is 3. The molecule has 3 N–H and O–H groups in total. The van der Waals surface area contributed by atoms with Crippen LogP contribution in [0.3, 0.4) is 0 Å². The van der Waals surface area contributed by atoms with Gasteiger partial charge in [-0.2, -0.15) is 13.2 Å². The maximum Gasteiger partial charge on any atom is 0.416 e. The van der Waals surface area contributed by atoms with Crippen LogP contribution in [0.1, 0.15) is 31.0 Å². The van der Waals surface area contributed by atoms with Gasteiger partial charge < -0.3 is 30.2 Å². The summed E-state index contributed by atoms with van der Waals surface area (Å²) >= 11 is 6.24.